The Balaban J connectivity index is 0.000000306. The highest BCUT2D eigenvalue weighted by Gasteiger charge is 2.12. The lowest BCUT2D eigenvalue weighted by molar-refractivity contribution is 1.07. The lowest BCUT2D eigenvalue weighted by atomic mass is 9.92. The fourth-order valence-electron chi connectivity index (χ4n) is 5.64. The number of nitrogen functional groups attached to an aromatic ring is 1. The smallest absolute Gasteiger partial charge is 0.152 e. The topological polar surface area (TPSA) is 112 Å². The lowest BCUT2D eigenvalue weighted by Crippen LogP contribution is -2.10. The Hall–Kier alpha value is -6.69. The highest BCUT2D eigenvalue weighted by Crippen LogP contribution is 2.31. The number of rotatable bonds is 7. The number of aryl methyl sites for hydroxylation is 2. The minimum atomic E-state index is 0.121. The van der Waals surface area contributed by atoms with Gasteiger partial charge in [0.25, 0.3) is 0 Å². The molecule has 5 heteroatoms. The predicted molar refractivity (Wildman–Crippen MR) is 235 cm³/mol. The summed E-state index contributed by atoms with van der Waals surface area (Å²) in [6.07, 6.45) is 0. The molecular formula is C50H51N5. The molecule has 7 rings (SSSR count). The summed E-state index contributed by atoms with van der Waals surface area (Å²) >= 11 is 0. The number of benzene rings is 7. The number of hydrogen-bond donors (Lipinski definition) is 4. The van der Waals surface area contributed by atoms with Gasteiger partial charge < -0.3 is 11.5 Å². The van der Waals surface area contributed by atoms with Gasteiger partial charge in [0.15, 0.2) is 5.84 Å². The molecule has 7 aromatic rings. The van der Waals surface area contributed by atoms with Crippen LogP contribution in [0.25, 0.3) is 22.3 Å². The first-order chi connectivity index (χ1) is 26.8. The van der Waals surface area contributed by atoms with Crippen LogP contribution in [0.2, 0.25) is 0 Å². The van der Waals surface area contributed by atoms with E-state index in [-0.39, 0.29) is 11.7 Å². The standard InChI is InChI=1S/C34H29N3.C7H8N2.C7H8.C2H6/c1-24-18-19-29(22-32(24)30-16-8-10-25(20-30)23-35)28-15-9-17-31(21-28)33(26-11-4-2-5-12-26)37-34(36)27-13-6-3-7-14-27;8-7(9)6-4-2-1-3-5-6;1-7-5-3-2-4-6-7;1-2/h2-22,36H,23,35H2,1H3;1-5H,(H3,8,9);2-6H,1H3;1-2H3. The molecule has 0 aliphatic carbocycles. The Kier molecular flexibility index (Phi) is 16.2. The van der Waals surface area contributed by atoms with Crippen molar-refractivity contribution in [1.82, 2.24) is 0 Å². The zero-order chi connectivity index (χ0) is 39.4. The molecule has 0 saturated carbocycles. The van der Waals surface area contributed by atoms with E-state index in [9.17, 15) is 0 Å². The van der Waals surface area contributed by atoms with E-state index < -0.39 is 0 Å². The number of hydrogen-bond acceptors (Lipinski definition) is 3. The maximum absolute atomic E-state index is 8.66. The molecule has 0 fully saturated rings. The van der Waals surface area contributed by atoms with E-state index in [4.69, 9.17) is 27.3 Å². The molecule has 0 aliphatic rings. The summed E-state index contributed by atoms with van der Waals surface area (Å²) in [5, 5.41) is 15.7. The summed E-state index contributed by atoms with van der Waals surface area (Å²) < 4.78 is 0. The number of aliphatic imine (C=N–C) groups is 1. The van der Waals surface area contributed by atoms with Crippen LogP contribution in [0.3, 0.4) is 0 Å². The number of nitrogens with two attached hydrogens (primary N) is 2. The van der Waals surface area contributed by atoms with Gasteiger partial charge in [0.1, 0.15) is 5.84 Å². The van der Waals surface area contributed by atoms with E-state index in [1.807, 2.05) is 123 Å². The Morgan fingerprint density at radius 3 is 1.51 bits per heavy atom. The maximum Gasteiger partial charge on any atom is 0.152 e. The van der Waals surface area contributed by atoms with Crippen molar-refractivity contribution < 1.29 is 0 Å². The molecule has 276 valence electrons. The summed E-state index contributed by atoms with van der Waals surface area (Å²) in [7, 11) is 0. The van der Waals surface area contributed by atoms with Crippen molar-refractivity contribution in [2.24, 2.45) is 16.5 Å². The van der Waals surface area contributed by atoms with Crippen molar-refractivity contribution in [2.45, 2.75) is 34.2 Å². The van der Waals surface area contributed by atoms with Crippen molar-refractivity contribution in [3.05, 3.63) is 227 Å². The Morgan fingerprint density at radius 2 is 0.982 bits per heavy atom. The highest BCUT2D eigenvalue weighted by molar-refractivity contribution is 6.19. The maximum atomic E-state index is 8.66. The van der Waals surface area contributed by atoms with Gasteiger partial charge in [0, 0.05) is 28.8 Å². The molecule has 0 amide bonds. The highest BCUT2D eigenvalue weighted by atomic mass is 14.8. The summed E-state index contributed by atoms with van der Waals surface area (Å²) in [6.45, 7) is 8.74. The van der Waals surface area contributed by atoms with Gasteiger partial charge in [0.2, 0.25) is 0 Å². The number of nitrogens with zero attached hydrogens (tertiary/aromatic N) is 1. The van der Waals surface area contributed by atoms with Gasteiger partial charge in [-0.1, -0.05) is 189 Å². The SMILES string of the molecule is CC.Cc1ccc(-c2cccc(C(=NC(=N)c3ccccc3)c3ccccc3)c2)cc1-c1cccc(CN)c1.Cc1ccccc1.N=C(N)c1ccccc1. The van der Waals surface area contributed by atoms with Crippen LogP contribution in [-0.2, 0) is 6.54 Å². The van der Waals surface area contributed by atoms with Gasteiger partial charge in [-0.3, -0.25) is 10.8 Å². The molecule has 0 radical (unpaired) electrons. The molecule has 0 spiro atoms. The van der Waals surface area contributed by atoms with Gasteiger partial charge in [-0.05, 0) is 65.4 Å². The quantitative estimate of drug-likeness (QED) is 0.0970. The molecule has 0 aliphatic heterocycles. The molecular weight excluding hydrogens is 671 g/mol. The van der Waals surface area contributed by atoms with Gasteiger partial charge in [-0.2, -0.15) is 0 Å². The third-order valence-electron chi connectivity index (χ3n) is 8.52. The summed E-state index contributed by atoms with van der Waals surface area (Å²) in [4.78, 5) is 4.81. The van der Waals surface area contributed by atoms with Crippen molar-refractivity contribution >= 4 is 17.4 Å². The number of nitrogens with one attached hydrogen (secondary N) is 2. The number of amidine groups is 2. The molecule has 0 atom stereocenters. The monoisotopic (exact) mass is 721 g/mol. The van der Waals surface area contributed by atoms with Crippen molar-refractivity contribution in [3.63, 3.8) is 0 Å². The predicted octanol–water partition coefficient (Wildman–Crippen LogP) is 11.6. The molecule has 0 bridgehead atoms. The fourth-order valence-corrected chi connectivity index (χ4v) is 5.64. The van der Waals surface area contributed by atoms with Gasteiger partial charge in [-0.15, -0.1) is 0 Å². The molecule has 0 aromatic heterocycles. The van der Waals surface area contributed by atoms with E-state index in [0.29, 0.717) is 6.54 Å². The summed E-state index contributed by atoms with van der Waals surface area (Å²) in [6, 6.07) is 62.6. The van der Waals surface area contributed by atoms with E-state index >= 15 is 0 Å². The first kappa shape index (κ1) is 41.1. The van der Waals surface area contributed by atoms with E-state index in [0.717, 1.165) is 44.7 Å². The molecule has 7 aromatic carbocycles. The van der Waals surface area contributed by atoms with E-state index in [2.05, 4.69) is 92.7 Å². The van der Waals surface area contributed by atoms with Crippen LogP contribution in [0.5, 0.6) is 0 Å². The van der Waals surface area contributed by atoms with Crippen LogP contribution in [0.4, 0.5) is 0 Å². The first-order valence-electron chi connectivity index (χ1n) is 18.5. The Bertz CT molecular complexity index is 2260. The average Bonchev–Trinajstić information content (AvgIpc) is 3.25. The summed E-state index contributed by atoms with van der Waals surface area (Å²) in [5.41, 5.74) is 23.6. The zero-order valence-corrected chi connectivity index (χ0v) is 32.2. The third-order valence-corrected chi connectivity index (χ3v) is 8.52. The molecule has 6 N–H and O–H groups in total. The van der Waals surface area contributed by atoms with Crippen molar-refractivity contribution in [1.29, 1.82) is 10.8 Å². The average molecular weight is 722 g/mol. The van der Waals surface area contributed by atoms with E-state index in [1.54, 1.807) is 0 Å². The van der Waals surface area contributed by atoms with Crippen LogP contribution < -0.4 is 11.5 Å². The first-order valence-corrected chi connectivity index (χ1v) is 18.5. The van der Waals surface area contributed by atoms with Gasteiger partial charge >= 0.3 is 0 Å². The summed E-state index contributed by atoms with van der Waals surface area (Å²) in [5.74, 6) is 0.359. The Morgan fingerprint density at radius 1 is 0.491 bits per heavy atom. The third kappa shape index (κ3) is 12.5. The molecule has 0 unspecified atom stereocenters. The fraction of sp³-hybridized carbons (Fsp3) is 0.100. The largest absolute Gasteiger partial charge is 0.384 e. The molecule has 55 heavy (non-hydrogen) atoms. The second-order valence-electron chi connectivity index (χ2n) is 12.5. The van der Waals surface area contributed by atoms with Crippen LogP contribution in [-0.4, -0.2) is 17.4 Å². The van der Waals surface area contributed by atoms with Gasteiger partial charge in [-0.25, -0.2) is 4.99 Å². The molecule has 0 saturated heterocycles. The van der Waals surface area contributed by atoms with Crippen LogP contribution in [0.1, 0.15) is 52.8 Å². The normalized spacial score (nSPS) is 10.3. The minimum Gasteiger partial charge on any atom is -0.384 e. The molecule has 5 nitrogen and oxygen atoms in total. The van der Waals surface area contributed by atoms with Crippen molar-refractivity contribution in [3.8, 4) is 22.3 Å². The molecule has 0 heterocycles. The van der Waals surface area contributed by atoms with Crippen molar-refractivity contribution in [2.75, 3.05) is 0 Å². The Labute approximate surface area is 327 Å². The van der Waals surface area contributed by atoms with E-state index in [1.165, 1.54) is 22.3 Å². The van der Waals surface area contributed by atoms with Crippen LogP contribution >= 0.6 is 0 Å². The van der Waals surface area contributed by atoms with Crippen LogP contribution in [0.15, 0.2) is 193 Å². The minimum absolute atomic E-state index is 0.121. The second-order valence-corrected chi connectivity index (χ2v) is 12.5. The zero-order valence-electron chi connectivity index (χ0n) is 32.2. The van der Waals surface area contributed by atoms with Gasteiger partial charge in [0.05, 0.1) is 5.71 Å². The second kappa shape index (κ2) is 21.7. The van der Waals surface area contributed by atoms with Crippen LogP contribution in [0, 0.1) is 24.7 Å². The lowest BCUT2D eigenvalue weighted by Gasteiger charge is -2.13.